The van der Waals surface area contributed by atoms with Gasteiger partial charge in [-0.3, -0.25) is 9.78 Å². The van der Waals surface area contributed by atoms with Crippen LogP contribution in [0.25, 0.3) is 44.0 Å². The molecule has 0 aliphatic heterocycles. The maximum absolute atomic E-state index is 13.9. The molecule has 0 saturated carbocycles. The second-order valence-corrected chi connectivity index (χ2v) is 10.3. The molecule has 1 N–H and O–H groups in total. The van der Waals surface area contributed by atoms with Gasteiger partial charge in [0.2, 0.25) is 0 Å². The lowest BCUT2D eigenvalue weighted by Gasteiger charge is -2.17. The van der Waals surface area contributed by atoms with E-state index in [1.165, 1.54) is 6.07 Å². The van der Waals surface area contributed by atoms with Gasteiger partial charge in [0.25, 0.3) is 0 Å². The lowest BCUT2D eigenvalue weighted by molar-refractivity contribution is 0.439. The van der Waals surface area contributed by atoms with Gasteiger partial charge in [-0.25, -0.2) is 0 Å². The van der Waals surface area contributed by atoms with Gasteiger partial charge in [-0.15, -0.1) is 6.42 Å². The van der Waals surface area contributed by atoms with Gasteiger partial charge in [0.1, 0.15) is 5.65 Å². The Bertz CT molecular complexity index is 1910. The number of nitrogens with one attached hydrogen (secondary N) is 1. The number of fused-ring (bicyclic) bond motifs is 4. The summed E-state index contributed by atoms with van der Waals surface area (Å²) in [7, 11) is -5.20. The lowest BCUT2D eigenvalue weighted by Crippen LogP contribution is -2.12. The number of pyridine rings is 2. The summed E-state index contributed by atoms with van der Waals surface area (Å²) in [4.78, 5) is 21.3. The van der Waals surface area contributed by atoms with Crippen molar-refractivity contribution in [2.75, 3.05) is 0 Å². The number of aromatic amines is 1. The van der Waals surface area contributed by atoms with E-state index in [-0.39, 0.29) is 17.1 Å². The van der Waals surface area contributed by atoms with E-state index in [2.05, 4.69) is 33.9 Å². The molecule has 3 heterocycles. The third-order valence-corrected chi connectivity index (χ3v) is 6.76. The Morgan fingerprint density at radius 3 is 2.62 bits per heavy atom. The van der Waals surface area contributed by atoms with Gasteiger partial charge in [-0.05, 0) is 60.7 Å². The summed E-state index contributed by atoms with van der Waals surface area (Å²) >= 11 is 0. The van der Waals surface area contributed by atoms with E-state index in [0.29, 0.717) is 46.0 Å². The molecule has 2 aromatic carbocycles. The van der Waals surface area contributed by atoms with Crippen molar-refractivity contribution >= 4 is 43.3 Å². The van der Waals surface area contributed by atoms with Crippen LogP contribution in [-0.2, 0) is 23.5 Å². The van der Waals surface area contributed by atoms with E-state index in [0.717, 1.165) is 28.2 Å². The zero-order valence-electron chi connectivity index (χ0n) is 20.5. The number of aromatic nitrogens is 3. The highest BCUT2D eigenvalue weighted by Gasteiger charge is 2.19. The van der Waals surface area contributed by atoms with Gasteiger partial charge < -0.3 is 13.7 Å². The summed E-state index contributed by atoms with van der Waals surface area (Å²) in [5, 5.41) is 1.97. The van der Waals surface area contributed by atoms with E-state index in [1.807, 2.05) is 41.8 Å². The molecule has 0 bridgehead atoms. The molecule has 3 aromatic heterocycles. The minimum Gasteiger partial charge on any atom is -0.357 e. The van der Waals surface area contributed by atoms with Crippen LogP contribution in [0.2, 0.25) is 0 Å². The quantitative estimate of drug-likeness (QED) is 0.237. The Kier molecular flexibility index (Phi) is 6.00. The molecule has 37 heavy (non-hydrogen) atoms. The summed E-state index contributed by atoms with van der Waals surface area (Å²) in [5.74, 6) is 2.66. The molecule has 0 radical (unpaired) electrons. The fourth-order valence-corrected chi connectivity index (χ4v) is 5.25. The number of hydrogen-bond donors (Lipinski definition) is 1. The third-order valence-electron chi connectivity index (χ3n) is 6.36. The highest BCUT2D eigenvalue weighted by atomic mass is 32.3. The smallest absolute Gasteiger partial charge is 0.357 e. The van der Waals surface area contributed by atoms with Crippen LogP contribution in [0.15, 0.2) is 53.6 Å². The lowest BCUT2D eigenvalue weighted by atomic mass is 9.92. The normalized spacial score (nSPS) is 12.0. The van der Waals surface area contributed by atoms with Crippen molar-refractivity contribution in [2.45, 2.75) is 33.7 Å². The molecule has 7 nitrogen and oxygen atoms in total. The van der Waals surface area contributed by atoms with Crippen LogP contribution >= 0.6 is 0 Å². The van der Waals surface area contributed by atoms with E-state index in [4.69, 9.17) is 6.42 Å². The molecule has 0 amide bonds. The van der Waals surface area contributed by atoms with Gasteiger partial charge in [0, 0.05) is 40.2 Å². The molecule has 0 spiro atoms. The van der Waals surface area contributed by atoms with Gasteiger partial charge in [0.05, 0.1) is 17.1 Å². The fraction of sp³-hybridized carbons (Fsp3) is 0.214. The molecule has 5 aromatic rings. The van der Waals surface area contributed by atoms with Crippen LogP contribution in [0, 0.1) is 18.3 Å². The summed E-state index contributed by atoms with van der Waals surface area (Å²) < 4.78 is 41.7. The number of H-pyrrole nitrogens is 1. The van der Waals surface area contributed by atoms with Crippen LogP contribution in [-0.4, -0.2) is 23.0 Å². The molecule has 188 valence electrons. The summed E-state index contributed by atoms with van der Waals surface area (Å²) in [6, 6.07) is 10.8. The molecule has 0 aliphatic rings. The maximum atomic E-state index is 13.9. The molecule has 0 atom stereocenters. The van der Waals surface area contributed by atoms with Crippen molar-refractivity contribution in [3.8, 4) is 29.2 Å². The number of halogens is 1. The molecular formula is C28H24FN3O4S. The summed E-state index contributed by atoms with van der Waals surface area (Å²) in [6.07, 6.45) is 8.91. The van der Waals surface area contributed by atoms with E-state index in [9.17, 15) is 17.1 Å². The number of benzene rings is 2. The number of aryl methyl sites for hydroxylation is 1. The second kappa shape index (κ2) is 9.05. The molecule has 9 heteroatoms. The predicted molar refractivity (Wildman–Crippen MR) is 144 cm³/mol. The number of rotatable bonds is 6. The van der Waals surface area contributed by atoms with E-state index >= 15 is 0 Å². The molecule has 0 unspecified atom stereocenters. The Labute approximate surface area is 213 Å². The zero-order valence-corrected chi connectivity index (χ0v) is 21.3. The topological polar surface area (TPSA) is 94.1 Å². The first-order valence-corrected chi connectivity index (χ1v) is 13.1. The molecule has 0 fully saturated rings. The van der Waals surface area contributed by atoms with Crippen molar-refractivity contribution < 1.29 is 16.5 Å². The SMILES string of the molecule is C#Cc1ccc2c(c1)[nH]c1c2c(=O)c2cc(CC(C)C)c(-c3cncc(OS(=O)(=O)F)c3)cc2n1CC. The third kappa shape index (κ3) is 4.45. The van der Waals surface area contributed by atoms with Crippen LogP contribution in [0.5, 0.6) is 5.75 Å². The Balaban J connectivity index is 1.85. The largest absolute Gasteiger partial charge is 0.488 e. The Morgan fingerprint density at radius 2 is 1.95 bits per heavy atom. The summed E-state index contributed by atoms with van der Waals surface area (Å²) in [6.45, 7) is 6.70. The number of nitrogens with zero attached hydrogens (tertiary/aromatic N) is 2. The standard InChI is InChI=1S/C28H24FN3O4S/c1-5-17-7-8-21-24(10-17)31-28-26(21)27(33)23-12-18(9-16(3)4)22(13-25(23)32(28)6-2)19-11-20(15-30-14-19)36-37(29,34)35/h1,7-8,10-16,31H,6,9H2,2-4H3. The van der Waals surface area contributed by atoms with Gasteiger partial charge in [-0.1, -0.05) is 29.7 Å². The van der Waals surface area contributed by atoms with E-state index in [1.54, 1.807) is 6.20 Å². The van der Waals surface area contributed by atoms with Crippen molar-refractivity contribution in [2.24, 2.45) is 5.92 Å². The van der Waals surface area contributed by atoms with Crippen molar-refractivity contribution in [3.05, 3.63) is 70.1 Å². The van der Waals surface area contributed by atoms with Gasteiger partial charge in [-0.2, -0.15) is 8.42 Å². The Hall–Kier alpha value is -4.16. The highest BCUT2D eigenvalue weighted by molar-refractivity contribution is 7.81. The zero-order chi connectivity index (χ0) is 26.5. The first kappa shape index (κ1) is 24.5. The van der Waals surface area contributed by atoms with Crippen LogP contribution in [0.1, 0.15) is 31.9 Å². The van der Waals surface area contributed by atoms with Crippen molar-refractivity contribution in [1.29, 1.82) is 0 Å². The molecular weight excluding hydrogens is 493 g/mol. The van der Waals surface area contributed by atoms with Crippen LogP contribution in [0.3, 0.4) is 0 Å². The molecule has 5 rings (SSSR count). The second-order valence-electron chi connectivity index (χ2n) is 9.34. The number of terminal acetylenes is 1. The first-order valence-electron chi connectivity index (χ1n) is 11.8. The minimum absolute atomic E-state index is 0.0929. The molecule has 0 aliphatic carbocycles. The fourth-order valence-electron chi connectivity index (χ4n) is 4.93. The van der Waals surface area contributed by atoms with Crippen molar-refractivity contribution in [3.63, 3.8) is 0 Å². The maximum Gasteiger partial charge on any atom is 0.488 e. The Morgan fingerprint density at radius 1 is 1.16 bits per heavy atom. The monoisotopic (exact) mass is 517 g/mol. The first-order chi connectivity index (χ1) is 17.6. The van der Waals surface area contributed by atoms with Crippen LogP contribution in [0.4, 0.5) is 3.89 Å². The average molecular weight is 518 g/mol. The number of hydrogen-bond acceptors (Lipinski definition) is 5. The van der Waals surface area contributed by atoms with Gasteiger partial charge in [0.15, 0.2) is 11.2 Å². The highest BCUT2D eigenvalue weighted by Crippen LogP contribution is 2.34. The summed E-state index contributed by atoms with van der Waals surface area (Å²) in [5.41, 5.74) is 4.98. The van der Waals surface area contributed by atoms with E-state index < -0.39 is 10.5 Å². The van der Waals surface area contributed by atoms with Gasteiger partial charge >= 0.3 is 10.5 Å². The predicted octanol–water partition coefficient (Wildman–Crippen LogP) is 5.49. The molecule has 0 saturated heterocycles. The van der Waals surface area contributed by atoms with Crippen molar-refractivity contribution in [1.82, 2.24) is 14.5 Å². The minimum atomic E-state index is -5.20. The van der Waals surface area contributed by atoms with Crippen LogP contribution < -0.4 is 9.61 Å². The average Bonchev–Trinajstić information content (AvgIpc) is 3.21.